The van der Waals surface area contributed by atoms with Gasteiger partial charge in [0.25, 0.3) is 10.0 Å². The number of aromatic nitrogens is 2. The standard InChI is InChI=1S/C25H34N4O6S/c1-17(2)35-29(36(32,33)19-11-12-20-21(14-19)27-16-26-20)15-23(30)22(13-18-9-7-6-8-10-18)28-24(31)34-25(3,4)5/h6-12,14,16-17,22-23,30H,13,15H2,1-5H3,(H,26,27)(H,28,31)/t22-,23+/m0/s1. The summed E-state index contributed by atoms with van der Waals surface area (Å²) < 4.78 is 33.1. The number of fused-ring (bicyclic) bond motifs is 1. The molecule has 2 atom stereocenters. The zero-order valence-electron chi connectivity index (χ0n) is 21.1. The summed E-state index contributed by atoms with van der Waals surface area (Å²) in [6, 6.07) is 12.9. The zero-order valence-corrected chi connectivity index (χ0v) is 22.0. The number of rotatable bonds is 10. The average Bonchev–Trinajstić information content (AvgIpc) is 3.25. The summed E-state index contributed by atoms with van der Waals surface area (Å²) in [5.74, 6) is 0. The number of sulfonamides is 1. The van der Waals surface area contributed by atoms with Crippen LogP contribution in [0.1, 0.15) is 40.2 Å². The van der Waals surface area contributed by atoms with Gasteiger partial charge in [0.2, 0.25) is 0 Å². The number of ether oxygens (including phenoxy) is 1. The number of nitrogens with zero attached hydrogens (tertiary/aromatic N) is 2. The van der Waals surface area contributed by atoms with Crippen LogP contribution >= 0.6 is 0 Å². The fraction of sp³-hybridized carbons (Fsp3) is 0.440. The van der Waals surface area contributed by atoms with Crippen molar-refractivity contribution in [3.63, 3.8) is 0 Å². The molecule has 2 aromatic carbocycles. The summed E-state index contributed by atoms with van der Waals surface area (Å²) in [5.41, 5.74) is 1.28. The van der Waals surface area contributed by atoms with Gasteiger partial charge in [-0.15, -0.1) is 0 Å². The monoisotopic (exact) mass is 518 g/mol. The highest BCUT2D eigenvalue weighted by atomic mass is 32.2. The van der Waals surface area contributed by atoms with E-state index < -0.39 is 46.5 Å². The summed E-state index contributed by atoms with van der Waals surface area (Å²) in [5, 5.41) is 13.9. The van der Waals surface area contributed by atoms with Gasteiger partial charge in [0.1, 0.15) is 5.60 Å². The molecule has 196 valence electrons. The summed E-state index contributed by atoms with van der Waals surface area (Å²) in [7, 11) is -4.16. The van der Waals surface area contributed by atoms with E-state index in [1.54, 1.807) is 40.7 Å². The van der Waals surface area contributed by atoms with Crippen molar-refractivity contribution in [2.24, 2.45) is 0 Å². The number of aliphatic hydroxyl groups is 1. The number of nitrogens with one attached hydrogen (secondary N) is 2. The van der Waals surface area contributed by atoms with E-state index in [-0.39, 0.29) is 11.3 Å². The molecule has 11 heteroatoms. The van der Waals surface area contributed by atoms with Crippen LogP contribution < -0.4 is 5.32 Å². The Hall–Kier alpha value is -2.99. The highest BCUT2D eigenvalue weighted by Crippen LogP contribution is 2.22. The van der Waals surface area contributed by atoms with E-state index in [9.17, 15) is 18.3 Å². The number of hydroxylamine groups is 1. The molecule has 36 heavy (non-hydrogen) atoms. The molecule has 0 aliphatic carbocycles. The van der Waals surface area contributed by atoms with E-state index in [1.807, 2.05) is 30.3 Å². The Bertz CT molecular complexity index is 1250. The van der Waals surface area contributed by atoms with Crippen LogP contribution in [0.3, 0.4) is 0 Å². The van der Waals surface area contributed by atoms with E-state index in [0.29, 0.717) is 11.0 Å². The first kappa shape index (κ1) is 27.6. The molecule has 0 saturated heterocycles. The Morgan fingerprint density at radius 2 is 1.86 bits per heavy atom. The van der Waals surface area contributed by atoms with Gasteiger partial charge in [-0.25, -0.2) is 18.2 Å². The molecule has 3 aromatic rings. The fourth-order valence-electron chi connectivity index (χ4n) is 3.52. The molecule has 0 aliphatic heterocycles. The lowest BCUT2D eigenvalue weighted by Crippen LogP contribution is -2.51. The highest BCUT2D eigenvalue weighted by Gasteiger charge is 2.33. The molecule has 0 radical (unpaired) electrons. The maximum Gasteiger partial charge on any atom is 0.407 e. The third-order valence-corrected chi connectivity index (χ3v) is 6.71. The van der Waals surface area contributed by atoms with Gasteiger partial charge in [-0.1, -0.05) is 34.8 Å². The largest absolute Gasteiger partial charge is 0.444 e. The predicted octanol–water partition coefficient (Wildman–Crippen LogP) is 3.39. The van der Waals surface area contributed by atoms with Crippen LogP contribution in [0.4, 0.5) is 4.79 Å². The van der Waals surface area contributed by atoms with Gasteiger partial charge in [-0.2, -0.15) is 0 Å². The van der Waals surface area contributed by atoms with Crippen molar-refractivity contribution in [3.8, 4) is 0 Å². The average molecular weight is 519 g/mol. The quantitative estimate of drug-likeness (QED) is 0.350. The number of benzene rings is 2. The van der Waals surface area contributed by atoms with Crippen molar-refractivity contribution < 1.29 is 27.9 Å². The maximum absolute atomic E-state index is 13.5. The lowest BCUT2D eigenvalue weighted by Gasteiger charge is -2.30. The first-order valence-corrected chi connectivity index (χ1v) is 13.1. The second-order valence-electron chi connectivity index (χ2n) is 9.74. The molecule has 0 unspecified atom stereocenters. The number of alkyl carbamates (subject to hydrolysis) is 1. The van der Waals surface area contributed by atoms with Gasteiger partial charge in [-0.3, -0.25) is 4.84 Å². The third-order valence-electron chi connectivity index (χ3n) is 5.09. The molecule has 1 amide bonds. The van der Waals surface area contributed by atoms with Gasteiger partial charge in [0, 0.05) is 0 Å². The maximum atomic E-state index is 13.5. The van der Waals surface area contributed by atoms with Gasteiger partial charge < -0.3 is 20.1 Å². The molecule has 3 N–H and O–H groups in total. The Morgan fingerprint density at radius 1 is 1.17 bits per heavy atom. The van der Waals surface area contributed by atoms with Crippen molar-refractivity contribution in [1.82, 2.24) is 19.8 Å². The highest BCUT2D eigenvalue weighted by molar-refractivity contribution is 7.89. The molecule has 3 rings (SSSR count). The van der Waals surface area contributed by atoms with Crippen molar-refractivity contribution in [2.75, 3.05) is 6.54 Å². The number of H-pyrrole nitrogens is 1. The van der Waals surface area contributed by atoms with Gasteiger partial charge >= 0.3 is 6.09 Å². The van der Waals surface area contributed by atoms with Gasteiger partial charge in [0.15, 0.2) is 0 Å². The number of aliphatic hydroxyl groups excluding tert-OH is 1. The lowest BCUT2D eigenvalue weighted by molar-refractivity contribution is -0.136. The molecule has 1 heterocycles. The first-order chi connectivity index (χ1) is 16.8. The van der Waals surface area contributed by atoms with E-state index in [0.717, 1.165) is 10.0 Å². The molecule has 0 aliphatic rings. The Balaban J connectivity index is 1.87. The van der Waals surface area contributed by atoms with Crippen molar-refractivity contribution in [3.05, 3.63) is 60.4 Å². The number of aromatic amines is 1. The van der Waals surface area contributed by atoms with Crippen molar-refractivity contribution >= 4 is 27.1 Å². The zero-order chi connectivity index (χ0) is 26.5. The third kappa shape index (κ3) is 7.50. The minimum absolute atomic E-state index is 0.0215. The SMILES string of the molecule is CC(C)ON(C[C@@H](O)[C@H](Cc1ccccc1)NC(=O)OC(C)(C)C)S(=O)(=O)c1ccc2nc[nH]c2c1. The number of amides is 1. The molecule has 0 bridgehead atoms. The van der Waals surface area contributed by atoms with E-state index >= 15 is 0 Å². The van der Waals surface area contributed by atoms with Crippen molar-refractivity contribution in [1.29, 1.82) is 0 Å². The summed E-state index contributed by atoms with van der Waals surface area (Å²) in [6.07, 6.45) is -0.802. The number of carbonyl (C=O) groups excluding carboxylic acids is 1. The van der Waals surface area contributed by atoms with Crippen LogP contribution in [0.15, 0.2) is 59.8 Å². The second kappa shape index (κ2) is 11.4. The van der Waals surface area contributed by atoms with E-state index in [4.69, 9.17) is 9.57 Å². The topological polar surface area (TPSA) is 134 Å². The van der Waals surface area contributed by atoms with E-state index in [2.05, 4.69) is 15.3 Å². The van der Waals surface area contributed by atoms with Gasteiger partial charge in [-0.05, 0) is 64.8 Å². The summed E-state index contributed by atoms with van der Waals surface area (Å²) >= 11 is 0. The van der Waals surface area contributed by atoms with Crippen LogP contribution in [0.25, 0.3) is 11.0 Å². The lowest BCUT2D eigenvalue weighted by atomic mass is 10.0. The van der Waals surface area contributed by atoms with Crippen LogP contribution in [0, 0.1) is 0 Å². The number of hydrogen-bond acceptors (Lipinski definition) is 7. The van der Waals surface area contributed by atoms with Gasteiger partial charge in [0.05, 0.1) is 47.1 Å². The fourth-order valence-corrected chi connectivity index (χ4v) is 4.89. The minimum atomic E-state index is -4.16. The molecule has 0 saturated carbocycles. The number of hydrogen-bond donors (Lipinski definition) is 3. The Kier molecular flexibility index (Phi) is 8.72. The Morgan fingerprint density at radius 3 is 2.50 bits per heavy atom. The predicted molar refractivity (Wildman–Crippen MR) is 136 cm³/mol. The second-order valence-corrected chi connectivity index (χ2v) is 11.6. The normalized spacial score (nSPS) is 14.2. The first-order valence-electron chi connectivity index (χ1n) is 11.7. The minimum Gasteiger partial charge on any atom is -0.444 e. The molecule has 10 nitrogen and oxygen atoms in total. The number of carbonyl (C=O) groups is 1. The Labute approximate surface area is 211 Å². The van der Waals surface area contributed by atoms with Crippen LogP contribution in [-0.4, -0.2) is 64.4 Å². The number of imidazole rings is 1. The molecular formula is C25H34N4O6S. The molecule has 0 fully saturated rings. The van der Waals surface area contributed by atoms with Crippen LogP contribution in [0.2, 0.25) is 0 Å². The van der Waals surface area contributed by atoms with E-state index in [1.165, 1.54) is 18.5 Å². The summed E-state index contributed by atoms with van der Waals surface area (Å²) in [6.45, 7) is 8.15. The molecule has 1 aromatic heterocycles. The van der Waals surface area contributed by atoms with Crippen LogP contribution in [-0.2, 0) is 26.0 Å². The van der Waals surface area contributed by atoms with Crippen LogP contribution in [0.5, 0.6) is 0 Å². The molecular weight excluding hydrogens is 484 g/mol. The van der Waals surface area contributed by atoms with Crippen molar-refractivity contribution in [2.45, 2.75) is 69.8 Å². The smallest absolute Gasteiger partial charge is 0.407 e. The summed E-state index contributed by atoms with van der Waals surface area (Å²) in [4.78, 5) is 25.1. The molecule has 0 spiro atoms.